The van der Waals surface area contributed by atoms with Crippen LogP contribution >= 0.6 is 0 Å². The number of hydrogen-bond acceptors (Lipinski definition) is 25. The lowest BCUT2D eigenvalue weighted by molar-refractivity contribution is -0.385. The number of likely N-dealkylation sites (N-methyl/N-ethyl adjacent to an activating group) is 1. The van der Waals surface area contributed by atoms with Gasteiger partial charge < -0.3 is 95.1 Å². The molecule has 94 heavy (non-hydrogen) atoms. The predicted octanol–water partition coefficient (Wildman–Crippen LogP) is 4.11. The summed E-state index contributed by atoms with van der Waals surface area (Å²) in [4.78, 5) is 114. The van der Waals surface area contributed by atoms with E-state index in [2.05, 4.69) is 31.9 Å². The van der Waals surface area contributed by atoms with Crippen LogP contribution in [0.15, 0.2) is 84.6 Å². The average Bonchev–Trinajstić information content (AvgIpc) is 0.763. The molecule has 6 rings (SSSR count). The third-order valence-electron chi connectivity index (χ3n) is 14.9. The van der Waals surface area contributed by atoms with Gasteiger partial charge in [-0.2, -0.15) is 0 Å². The van der Waals surface area contributed by atoms with Crippen molar-refractivity contribution in [2.45, 2.75) is 172 Å². The first-order valence-electron chi connectivity index (χ1n) is 30.0. The fourth-order valence-electron chi connectivity index (χ4n) is 10.4. The van der Waals surface area contributed by atoms with Gasteiger partial charge in [0.25, 0.3) is 17.1 Å². The van der Waals surface area contributed by atoms with E-state index in [4.69, 9.17) is 37.9 Å². The number of hydrogen-bond donors (Lipinski definition) is 10. The van der Waals surface area contributed by atoms with E-state index in [9.17, 15) is 79.5 Å². The number of nitrogens with zero attached hydrogens (tertiary/aromatic N) is 4. The summed E-state index contributed by atoms with van der Waals surface area (Å²) >= 11 is 0. The summed E-state index contributed by atoms with van der Waals surface area (Å²) in [6.07, 6.45) is -14.7. The van der Waals surface area contributed by atoms with Crippen molar-refractivity contribution >= 4 is 53.4 Å². The standard InChI is InChI=1S/C60H82N10O24/c1-58(2,3)93-54(76)62-26-9-25-61-29-40-22-23-41(65-55(77)88-31-35-12-18-38(19-13-35)69(83)84)48(91-40)45-42(66-56(78)89-32-36-14-20-39(21-15-36)70(85)86)28-43(64-51(74)44(71)24-27-63-53(75)87-30-34-10-16-37(17-11-34)68(81)82)49(46(45)72)92-52-47(73)50(60(7,80)33-90-52)67(8)57(79)94-59(4,5)6/h10-22,41-50,52,61,71-73,80H,9,23-33H2,1-8H3,(H,62,76)(H,63,75)(H,64,74)(H,65,77)(H,66,78)/t41-,42+,43-,44-,45-,46+,47-,48?,49+,50-,52-,60+/m1/s1. The molecule has 3 aliphatic rings. The van der Waals surface area contributed by atoms with Crippen molar-refractivity contribution in [3.8, 4) is 0 Å². The summed E-state index contributed by atoms with van der Waals surface area (Å²) in [5.41, 5.74) is -3.32. The molecule has 0 bridgehead atoms. The summed E-state index contributed by atoms with van der Waals surface area (Å²) in [5, 5.41) is 98.6. The fourth-order valence-corrected chi connectivity index (χ4v) is 10.4. The van der Waals surface area contributed by atoms with Crippen molar-refractivity contribution in [2.75, 3.05) is 39.8 Å². The number of aliphatic hydroxyl groups excluding tert-OH is 3. The zero-order chi connectivity index (χ0) is 69.2. The minimum atomic E-state index is -2.01. The highest BCUT2D eigenvalue weighted by Crippen LogP contribution is 2.39. The number of non-ortho nitro benzene ring substituents is 3. The lowest BCUT2D eigenvalue weighted by atomic mass is 9.72. The number of aliphatic hydroxyl groups is 4. The molecule has 516 valence electrons. The molecule has 2 aliphatic heterocycles. The van der Waals surface area contributed by atoms with Gasteiger partial charge in [0, 0.05) is 68.5 Å². The molecule has 1 aliphatic carbocycles. The third kappa shape index (κ3) is 22.3. The van der Waals surface area contributed by atoms with Gasteiger partial charge in [0.1, 0.15) is 66.8 Å². The van der Waals surface area contributed by atoms with E-state index in [-0.39, 0.29) is 62.1 Å². The molecule has 34 nitrogen and oxygen atoms in total. The molecule has 1 saturated carbocycles. The van der Waals surface area contributed by atoms with Crippen molar-refractivity contribution in [1.82, 2.24) is 36.8 Å². The number of carbonyl (C=O) groups is 6. The normalized spacial score (nSPS) is 23.9. The summed E-state index contributed by atoms with van der Waals surface area (Å²) in [5.74, 6) is -2.36. The smallest absolute Gasteiger partial charge is 0.410 e. The van der Waals surface area contributed by atoms with E-state index >= 15 is 0 Å². The first kappa shape index (κ1) is 74.0. The molecule has 2 heterocycles. The van der Waals surface area contributed by atoms with Crippen LogP contribution in [0.4, 0.5) is 41.0 Å². The van der Waals surface area contributed by atoms with E-state index in [1.165, 1.54) is 86.8 Å². The summed E-state index contributed by atoms with van der Waals surface area (Å²) < 4.78 is 46.4. The Morgan fingerprint density at radius 3 is 1.66 bits per heavy atom. The monoisotopic (exact) mass is 1330 g/mol. The van der Waals surface area contributed by atoms with Gasteiger partial charge in [-0.05, 0) is 140 Å². The second-order valence-corrected chi connectivity index (χ2v) is 24.8. The lowest BCUT2D eigenvalue weighted by Crippen LogP contribution is -2.71. The number of nitro groups is 3. The maximum atomic E-state index is 14.2. The second-order valence-electron chi connectivity index (χ2n) is 24.8. The van der Waals surface area contributed by atoms with Crippen LogP contribution in [0.1, 0.15) is 90.8 Å². The van der Waals surface area contributed by atoms with Crippen LogP contribution in [-0.4, -0.2) is 194 Å². The van der Waals surface area contributed by atoms with Gasteiger partial charge in [0.15, 0.2) is 6.29 Å². The Balaban J connectivity index is 1.34. The number of benzene rings is 3. The number of ether oxygens (including phenoxy) is 8. The molecule has 3 aromatic carbocycles. The van der Waals surface area contributed by atoms with Crippen molar-refractivity contribution in [1.29, 1.82) is 0 Å². The first-order valence-corrected chi connectivity index (χ1v) is 30.0. The van der Waals surface area contributed by atoms with Gasteiger partial charge in [-0.3, -0.25) is 35.1 Å². The molecule has 12 atom stereocenters. The molecule has 3 aromatic rings. The molecule has 0 aromatic heterocycles. The van der Waals surface area contributed by atoms with Crippen molar-refractivity contribution in [3.05, 3.63) is 132 Å². The number of nitrogens with one attached hydrogen (secondary N) is 6. The van der Waals surface area contributed by atoms with Crippen molar-refractivity contribution in [2.24, 2.45) is 5.92 Å². The zero-order valence-electron chi connectivity index (χ0n) is 53.1. The van der Waals surface area contributed by atoms with Gasteiger partial charge in [-0.25, -0.2) is 24.0 Å². The molecule has 0 spiro atoms. The van der Waals surface area contributed by atoms with Gasteiger partial charge in [-0.15, -0.1) is 0 Å². The Kier molecular flexibility index (Phi) is 26.1. The highest BCUT2D eigenvalue weighted by atomic mass is 16.7. The number of alkyl carbamates (subject to hydrolysis) is 4. The molecule has 1 saturated heterocycles. The number of amides is 6. The first-order chi connectivity index (χ1) is 44.2. The Labute approximate surface area is 539 Å². The minimum absolute atomic E-state index is 0.00981. The van der Waals surface area contributed by atoms with E-state index < -0.39 is 161 Å². The summed E-state index contributed by atoms with van der Waals surface area (Å²) in [6, 6.07) is 9.82. The second kappa shape index (κ2) is 33.2. The van der Waals surface area contributed by atoms with Gasteiger partial charge in [0.2, 0.25) is 5.91 Å². The van der Waals surface area contributed by atoms with Crippen LogP contribution < -0.4 is 31.9 Å². The Morgan fingerprint density at radius 2 is 1.16 bits per heavy atom. The Morgan fingerprint density at radius 1 is 0.670 bits per heavy atom. The average molecular weight is 1330 g/mol. The molecule has 0 radical (unpaired) electrons. The maximum Gasteiger partial charge on any atom is 0.410 e. The summed E-state index contributed by atoms with van der Waals surface area (Å²) in [6.45, 7) is 9.66. The quantitative estimate of drug-likeness (QED) is 0.0234. The SMILES string of the molecule is CN(C(=O)OC(C)(C)C)[C@@H]1[C@@H](O)[C@@H](O[C@@H]2[C@@H](O)[C@H](C3OC(CNCCCNC(=O)OC(C)(C)C)=CC[C@H]3NC(=O)OCc3ccc([N+](=O)[O-])cc3)[C@@H](NC(=O)OCc3ccc([N+](=O)[O-])cc3)C[C@H]2NC(=O)[C@H](O)CCNC(=O)OCc2ccc([N+](=O)[O-])cc2)OC[C@]1(C)O. The molecular formula is C60H82N10O24. The lowest BCUT2D eigenvalue weighted by Gasteiger charge is -2.52. The molecule has 6 amide bonds. The van der Waals surface area contributed by atoms with Crippen LogP contribution in [0, 0.1) is 36.3 Å². The van der Waals surface area contributed by atoms with Gasteiger partial charge in [-0.1, -0.05) is 0 Å². The van der Waals surface area contributed by atoms with E-state index in [1.54, 1.807) is 47.6 Å². The van der Waals surface area contributed by atoms with Crippen LogP contribution in [0.5, 0.6) is 0 Å². The van der Waals surface area contributed by atoms with Crippen molar-refractivity contribution < 1.29 is 102 Å². The maximum absolute atomic E-state index is 14.2. The van der Waals surface area contributed by atoms with E-state index in [1.807, 2.05) is 0 Å². The van der Waals surface area contributed by atoms with Crippen LogP contribution in [0.3, 0.4) is 0 Å². The Hall–Kier alpha value is -9.06. The van der Waals surface area contributed by atoms with Crippen LogP contribution in [0.2, 0.25) is 0 Å². The Bertz CT molecular complexity index is 3140. The van der Waals surface area contributed by atoms with Crippen molar-refractivity contribution in [3.63, 3.8) is 0 Å². The zero-order valence-corrected chi connectivity index (χ0v) is 53.1. The number of nitro benzene ring substituents is 3. The molecular weight excluding hydrogens is 1240 g/mol. The van der Waals surface area contributed by atoms with Crippen LogP contribution in [-0.2, 0) is 62.5 Å². The van der Waals surface area contributed by atoms with Gasteiger partial charge >= 0.3 is 30.5 Å². The number of carbonyl (C=O) groups excluding carboxylic acids is 6. The fraction of sp³-hybridized carbons (Fsp3) is 0.567. The van der Waals surface area contributed by atoms with E-state index in [0.29, 0.717) is 29.7 Å². The molecule has 1 unspecified atom stereocenters. The largest absolute Gasteiger partial charge is 0.491 e. The highest BCUT2D eigenvalue weighted by molar-refractivity contribution is 5.81. The summed E-state index contributed by atoms with van der Waals surface area (Å²) in [7, 11) is 1.25. The molecule has 34 heteroatoms. The molecule has 2 fully saturated rings. The number of rotatable bonds is 26. The highest BCUT2D eigenvalue weighted by Gasteiger charge is 2.56. The van der Waals surface area contributed by atoms with Gasteiger partial charge in [0.05, 0.1) is 52.2 Å². The van der Waals surface area contributed by atoms with E-state index in [0.717, 1.165) is 4.90 Å². The topological polar surface area (TPSA) is 462 Å². The van der Waals surface area contributed by atoms with Crippen LogP contribution in [0.25, 0.3) is 0 Å². The molecule has 10 N–H and O–H groups in total. The predicted molar refractivity (Wildman–Crippen MR) is 327 cm³/mol. The third-order valence-corrected chi connectivity index (χ3v) is 14.9. The minimum Gasteiger partial charge on any atom is -0.491 e.